The van der Waals surface area contributed by atoms with Crippen molar-refractivity contribution in [2.75, 3.05) is 13.2 Å². The van der Waals surface area contributed by atoms with Crippen molar-refractivity contribution in [1.82, 2.24) is 0 Å². The van der Waals surface area contributed by atoms with E-state index in [2.05, 4.69) is 142 Å². The second-order valence-electron chi connectivity index (χ2n) is 20.6. The number of carbonyl (C=O) groups excluding carboxylic acids is 3. The van der Waals surface area contributed by atoms with Gasteiger partial charge in [-0.05, 0) is 116 Å². The summed E-state index contributed by atoms with van der Waals surface area (Å²) in [6.45, 7) is 6.48. The summed E-state index contributed by atoms with van der Waals surface area (Å²) in [5.41, 5.74) is 0. The molecule has 0 saturated carbocycles. The van der Waals surface area contributed by atoms with Crippen LogP contribution in [0.1, 0.15) is 284 Å². The predicted octanol–water partition coefficient (Wildman–Crippen LogP) is 21.6. The van der Waals surface area contributed by atoms with Crippen molar-refractivity contribution in [1.29, 1.82) is 0 Å². The number of ether oxygens (including phenoxy) is 3. The Bertz CT molecular complexity index is 1590. The number of hydrogen-bond donors (Lipinski definition) is 0. The quantitative estimate of drug-likeness (QED) is 0.0261. The highest BCUT2D eigenvalue weighted by Gasteiger charge is 2.19. The zero-order valence-corrected chi connectivity index (χ0v) is 49.5. The molecule has 0 fully saturated rings. The molecule has 0 radical (unpaired) electrons. The van der Waals surface area contributed by atoms with Gasteiger partial charge < -0.3 is 14.2 Å². The van der Waals surface area contributed by atoms with Gasteiger partial charge in [0, 0.05) is 19.3 Å². The van der Waals surface area contributed by atoms with E-state index < -0.39 is 6.10 Å². The van der Waals surface area contributed by atoms with Crippen molar-refractivity contribution in [3.63, 3.8) is 0 Å². The minimum atomic E-state index is -0.795. The Kier molecular flexibility index (Phi) is 59.9. The second kappa shape index (κ2) is 63.3. The first-order valence-electron chi connectivity index (χ1n) is 31.5. The molecule has 0 heterocycles. The van der Waals surface area contributed by atoms with Crippen LogP contribution in [0, 0.1) is 0 Å². The molecule has 0 rings (SSSR count). The van der Waals surface area contributed by atoms with Crippen molar-refractivity contribution in [2.45, 2.75) is 290 Å². The van der Waals surface area contributed by atoms with E-state index in [0.717, 1.165) is 135 Å². The third kappa shape index (κ3) is 60.7. The van der Waals surface area contributed by atoms with Crippen LogP contribution in [0.5, 0.6) is 0 Å². The average Bonchev–Trinajstić information content (AvgIpc) is 3.42. The largest absolute Gasteiger partial charge is 0.462 e. The fourth-order valence-electron chi connectivity index (χ4n) is 8.49. The van der Waals surface area contributed by atoms with Gasteiger partial charge in [0.15, 0.2) is 6.10 Å². The Balaban J connectivity index is 4.37. The normalized spacial score (nSPS) is 12.9. The fraction of sp³-hybridized carbons (Fsp3) is 0.671. The molecular weight excluding hydrogens is 937 g/mol. The van der Waals surface area contributed by atoms with E-state index in [1.807, 2.05) is 0 Å². The predicted molar refractivity (Wildman–Crippen MR) is 330 cm³/mol. The van der Waals surface area contributed by atoms with Crippen molar-refractivity contribution in [3.8, 4) is 0 Å². The van der Waals surface area contributed by atoms with Crippen LogP contribution < -0.4 is 0 Å². The van der Waals surface area contributed by atoms with Crippen LogP contribution >= 0.6 is 0 Å². The first-order valence-corrected chi connectivity index (χ1v) is 31.5. The molecule has 0 spiro atoms. The highest BCUT2D eigenvalue weighted by atomic mass is 16.6. The molecule has 0 aromatic carbocycles. The summed E-state index contributed by atoms with van der Waals surface area (Å²) in [5.74, 6) is -0.920. The van der Waals surface area contributed by atoms with Crippen LogP contribution in [0.4, 0.5) is 0 Å². The van der Waals surface area contributed by atoms with Crippen LogP contribution in [0.15, 0.2) is 122 Å². The lowest BCUT2D eigenvalue weighted by Crippen LogP contribution is -2.30. The van der Waals surface area contributed by atoms with Crippen LogP contribution in [-0.2, 0) is 28.6 Å². The van der Waals surface area contributed by atoms with Gasteiger partial charge in [0.05, 0.1) is 0 Å². The molecule has 0 amide bonds. The van der Waals surface area contributed by atoms with Crippen LogP contribution in [0.2, 0.25) is 0 Å². The van der Waals surface area contributed by atoms with E-state index >= 15 is 0 Å². The van der Waals surface area contributed by atoms with E-state index in [-0.39, 0.29) is 31.1 Å². The van der Waals surface area contributed by atoms with Gasteiger partial charge in [-0.2, -0.15) is 0 Å². The summed E-state index contributed by atoms with van der Waals surface area (Å²) in [7, 11) is 0. The van der Waals surface area contributed by atoms with E-state index in [0.29, 0.717) is 19.3 Å². The summed E-state index contributed by atoms with van der Waals surface area (Å²) in [6, 6.07) is 0. The first-order chi connectivity index (χ1) is 37.5. The Hall–Kier alpha value is -4.19. The number of allylic oxidation sites excluding steroid dienone is 20. The second-order valence-corrected chi connectivity index (χ2v) is 20.6. The Morgan fingerprint density at radius 2 is 0.513 bits per heavy atom. The highest BCUT2D eigenvalue weighted by molar-refractivity contribution is 5.71. The molecular formula is C70H116O6. The van der Waals surface area contributed by atoms with Gasteiger partial charge in [-0.3, -0.25) is 14.4 Å². The maximum atomic E-state index is 12.9. The zero-order valence-electron chi connectivity index (χ0n) is 49.5. The fourth-order valence-corrected chi connectivity index (χ4v) is 8.49. The van der Waals surface area contributed by atoms with E-state index in [4.69, 9.17) is 14.2 Å². The standard InChI is InChI=1S/C70H116O6/c1-4-7-10-13-16-19-22-25-27-29-30-31-32-33-34-35-36-37-38-39-40-42-43-45-48-51-54-57-60-63-69(72)75-66-67(65-74-68(71)62-59-56-53-50-47-24-21-18-15-12-9-6-3)76-70(73)64-61-58-55-52-49-46-44-41-28-26-23-20-17-14-11-8-5-2/h7,10,16-17,19-20,25-28,30-31,33-34,36-37,39-40,43,45,67H,4-6,8-9,11-15,18,21-24,29,32,35,38,41-42,44,46-66H2,1-3H3/b10-7-,19-16-,20-17-,27-25-,28-26-,31-30-,34-33-,37-36-,40-39-,45-43-. The van der Waals surface area contributed by atoms with E-state index in [9.17, 15) is 14.4 Å². The SMILES string of the molecule is CC/C=C\C/C=C\C/C=C\C/C=C\C/C=C\C/C=C\C/C=C\C/C=C\CCCCCCC(=O)OCC(COC(=O)CCCCCCCCCCCCCC)OC(=O)CCCCCCCCC/C=C\C/C=C\CCCCC. The molecule has 0 bridgehead atoms. The number of unbranched alkanes of at least 4 members (excludes halogenated alkanes) is 25. The Labute approximate surface area is 469 Å². The molecule has 1 atom stereocenters. The molecule has 0 aliphatic carbocycles. The highest BCUT2D eigenvalue weighted by Crippen LogP contribution is 2.15. The van der Waals surface area contributed by atoms with Crippen LogP contribution in [0.3, 0.4) is 0 Å². The molecule has 432 valence electrons. The van der Waals surface area contributed by atoms with Gasteiger partial charge in [0.25, 0.3) is 0 Å². The molecule has 0 N–H and O–H groups in total. The molecule has 76 heavy (non-hydrogen) atoms. The van der Waals surface area contributed by atoms with Crippen molar-refractivity contribution >= 4 is 17.9 Å². The first kappa shape index (κ1) is 71.8. The smallest absolute Gasteiger partial charge is 0.306 e. The maximum absolute atomic E-state index is 12.9. The topological polar surface area (TPSA) is 78.9 Å². The molecule has 6 heteroatoms. The van der Waals surface area contributed by atoms with Gasteiger partial charge in [-0.15, -0.1) is 0 Å². The molecule has 0 aromatic heterocycles. The number of rotatable bonds is 56. The van der Waals surface area contributed by atoms with Crippen molar-refractivity contribution in [2.24, 2.45) is 0 Å². The maximum Gasteiger partial charge on any atom is 0.306 e. The van der Waals surface area contributed by atoms with E-state index in [1.165, 1.54) is 109 Å². The summed E-state index contributed by atoms with van der Waals surface area (Å²) >= 11 is 0. The lowest BCUT2D eigenvalue weighted by Gasteiger charge is -2.18. The third-order valence-electron chi connectivity index (χ3n) is 13.2. The minimum Gasteiger partial charge on any atom is -0.462 e. The molecule has 0 aliphatic rings. The monoisotopic (exact) mass is 1050 g/mol. The summed E-state index contributed by atoms with van der Waals surface area (Å²) in [4.78, 5) is 38.2. The summed E-state index contributed by atoms with van der Waals surface area (Å²) < 4.78 is 16.9. The van der Waals surface area contributed by atoms with Crippen LogP contribution in [0.25, 0.3) is 0 Å². The van der Waals surface area contributed by atoms with Crippen molar-refractivity contribution in [3.05, 3.63) is 122 Å². The van der Waals surface area contributed by atoms with E-state index in [1.54, 1.807) is 0 Å². The van der Waals surface area contributed by atoms with Gasteiger partial charge in [0.2, 0.25) is 0 Å². The van der Waals surface area contributed by atoms with Gasteiger partial charge >= 0.3 is 17.9 Å². The number of esters is 3. The Morgan fingerprint density at radius 1 is 0.276 bits per heavy atom. The average molecular weight is 1050 g/mol. The van der Waals surface area contributed by atoms with Crippen LogP contribution in [-0.4, -0.2) is 37.2 Å². The number of hydrogen-bond acceptors (Lipinski definition) is 6. The molecule has 0 saturated heterocycles. The lowest BCUT2D eigenvalue weighted by atomic mass is 10.0. The number of carbonyl (C=O) groups is 3. The third-order valence-corrected chi connectivity index (χ3v) is 13.2. The molecule has 6 nitrogen and oxygen atoms in total. The van der Waals surface area contributed by atoms with Gasteiger partial charge in [-0.1, -0.05) is 271 Å². The van der Waals surface area contributed by atoms with Crippen molar-refractivity contribution < 1.29 is 28.6 Å². The van der Waals surface area contributed by atoms with Gasteiger partial charge in [-0.25, -0.2) is 0 Å². The Morgan fingerprint density at radius 3 is 0.829 bits per heavy atom. The lowest BCUT2D eigenvalue weighted by molar-refractivity contribution is -0.167. The van der Waals surface area contributed by atoms with Gasteiger partial charge in [0.1, 0.15) is 13.2 Å². The summed E-state index contributed by atoms with van der Waals surface area (Å²) in [6.07, 6.45) is 87.7. The molecule has 0 aromatic rings. The molecule has 0 aliphatic heterocycles. The minimum absolute atomic E-state index is 0.0895. The zero-order chi connectivity index (χ0) is 55.0. The molecule has 1 unspecified atom stereocenters. The summed E-state index contributed by atoms with van der Waals surface area (Å²) in [5, 5.41) is 0.